The van der Waals surface area contributed by atoms with Crippen LogP contribution in [-0.4, -0.2) is 22.4 Å². The minimum Gasteiger partial charge on any atom is -0.496 e. The van der Waals surface area contributed by atoms with Gasteiger partial charge in [-0.2, -0.15) is 0 Å². The molecule has 0 atom stereocenters. The van der Waals surface area contributed by atoms with Gasteiger partial charge in [0.1, 0.15) is 0 Å². The molecule has 0 aromatic carbocycles. The predicted molar refractivity (Wildman–Crippen MR) is 48.0 cm³/mol. The molecular formula is C8H18O3Si. The maximum atomic E-state index is 11.0. The van der Waals surface area contributed by atoms with E-state index in [2.05, 4.69) is 0 Å². The van der Waals surface area contributed by atoms with E-state index in [0.717, 1.165) is 0 Å². The first kappa shape index (κ1) is 11.6. The van der Waals surface area contributed by atoms with Gasteiger partial charge in [-0.15, -0.1) is 0 Å². The zero-order valence-electron chi connectivity index (χ0n) is 8.29. The molecule has 0 fully saturated rings. The zero-order chi connectivity index (χ0) is 9.56. The number of rotatable bonds is 6. The molecule has 0 heterocycles. The molecule has 0 spiro atoms. The summed E-state index contributed by atoms with van der Waals surface area (Å²) in [6.45, 7) is 9.07. The zero-order valence-corrected chi connectivity index (χ0v) is 9.29. The van der Waals surface area contributed by atoms with Gasteiger partial charge in [-0.25, -0.2) is 0 Å². The molecule has 0 saturated heterocycles. The second-order valence-electron chi connectivity index (χ2n) is 3.66. The summed E-state index contributed by atoms with van der Waals surface area (Å²) >= 11 is 0. The molecule has 0 rings (SSSR count). The minimum absolute atomic E-state index is 0.404. The fourth-order valence-corrected chi connectivity index (χ4v) is 1.53. The highest BCUT2D eigenvalue weighted by molar-refractivity contribution is 6.26. The Morgan fingerprint density at radius 2 is 1.33 bits per heavy atom. The third kappa shape index (κ3) is 7.72. The van der Waals surface area contributed by atoms with E-state index >= 15 is 0 Å². The van der Waals surface area contributed by atoms with Crippen LogP contribution in [0.25, 0.3) is 0 Å². The summed E-state index contributed by atoms with van der Waals surface area (Å²) in [6, 6.07) is 0. The standard InChI is InChI=1S/C8H18O3Si/c1-7(2)5-10-12(9)11-6-8(3)4/h7-8H,5-6H2,1-4H3. The Kier molecular flexibility index (Phi) is 5.97. The summed E-state index contributed by atoms with van der Waals surface area (Å²) in [5.74, 6) is 0.809. The monoisotopic (exact) mass is 190 g/mol. The first-order valence-corrected chi connectivity index (χ1v) is 5.54. The highest BCUT2D eigenvalue weighted by Gasteiger charge is 2.11. The van der Waals surface area contributed by atoms with Crippen LogP contribution in [0.15, 0.2) is 0 Å². The van der Waals surface area contributed by atoms with Crippen LogP contribution in [0.1, 0.15) is 27.7 Å². The Balaban J connectivity index is 3.34. The molecule has 0 aliphatic rings. The topological polar surface area (TPSA) is 35.5 Å². The van der Waals surface area contributed by atoms with E-state index in [9.17, 15) is 4.46 Å². The van der Waals surface area contributed by atoms with Crippen molar-refractivity contribution in [3.63, 3.8) is 0 Å². The van der Waals surface area contributed by atoms with Crippen LogP contribution < -0.4 is 0 Å². The maximum Gasteiger partial charge on any atom is 0.767 e. The molecule has 0 saturated carbocycles. The van der Waals surface area contributed by atoms with E-state index in [-0.39, 0.29) is 0 Å². The molecule has 0 radical (unpaired) electrons. The van der Waals surface area contributed by atoms with Crippen molar-refractivity contribution >= 4 is 9.17 Å². The molecule has 0 aromatic rings. The summed E-state index contributed by atoms with van der Waals surface area (Å²) in [5, 5.41) is 0. The van der Waals surface area contributed by atoms with E-state index < -0.39 is 9.17 Å². The Morgan fingerprint density at radius 3 is 1.58 bits per heavy atom. The van der Waals surface area contributed by atoms with Gasteiger partial charge < -0.3 is 8.85 Å². The first-order valence-electron chi connectivity index (χ1n) is 4.32. The normalized spacial score (nSPS) is 10.5. The van der Waals surface area contributed by atoms with Gasteiger partial charge in [-0.05, 0) is 11.8 Å². The van der Waals surface area contributed by atoms with Crippen molar-refractivity contribution in [1.82, 2.24) is 0 Å². The highest BCUT2D eigenvalue weighted by Crippen LogP contribution is 1.95. The average Bonchev–Trinajstić information content (AvgIpc) is 1.96. The first-order chi connectivity index (χ1) is 5.52. The average molecular weight is 190 g/mol. The summed E-state index contributed by atoms with van der Waals surface area (Å²) < 4.78 is 20.9. The third-order valence-corrected chi connectivity index (χ3v) is 1.87. The Hall–Kier alpha value is -0.383. The molecule has 0 unspecified atom stereocenters. The van der Waals surface area contributed by atoms with Gasteiger partial charge in [0.2, 0.25) is 0 Å². The van der Waals surface area contributed by atoms with Crippen LogP contribution in [0.5, 0.6) is 0 Å². The summed E-state index contributed by atoms with van der Waals surface area (Å²) in [5.41, 5.74) is 0. The molecule has 0 aliphatic carbocycles. The van der Waals surface area contributed by atoms with Crippen LogP contribution in [-0.2, 0) is 13.3 Å². The smallest absolute Gasteiger partial charge is 0.496 e. The summed E-state index contributed by atoms with van der Waals surface area (Å²) in [4.78, 5) is 0. The molecule has 0 amide bonds. The molecule has 0 aliphatic heterocycles. The molecule has 0 N–H and O–H groups in total. The molecule has 4 heteroatoms. The van der Waals surface area contributed by atoms with Crippen molar-refractivity contribution in [3.05, 3.63) is 0 Å². The maximum absolute atomic E-state index is 11.0. The van der Waals surface area contributed by atoms with Gasteiger partial charge in [-0.3, -0.25) is 4.46 Å². The Bertz CT molecular complexity index is 120. The fraction of sp³-hybridized carbons (Fsp3) is 1.00. The van der Waals surface area contributed by atoms with Crippen molar-refractivity contribution in [2.75, 3.05) is 13.2 Å². The van der Waals surface area contributed by atoms with Crippen LogP contribution in [0.2, 0.25) is 0 Å². The Labute approximate surface area is 76.0 Å². The predicted octanol–water partition coefficient (Wildman–Crippen LogP) is 1.75. The lowest BCUT2D eigenvalue weighted by Crippen LogP contribution is -2.18. The van der Waals surface area contributed by atoms with Crippen molar-refractivity contribution in [2.24, 2.45) is 11.8 Å². The van der Waals surface area contributed by atoms with Gasteiger partial charge in [0, 0.05) is 0 Å². The van der Waals surface area contributed by atoms with Gasteiger partial charge in [-0.1, -0.05) is 27.7 Å². The largest absolute Gasteiger partial charge is 0.767 e. The minimum atomic E-state index is -2.23. The quantitative estimate of drug-likeness (QED) is 0.599. The second kappa shape index (κ2) is 6.17. The Morgan fingerprint density at radius 1 is 1.00 bits per heavy atom. The number of hydrogen-bond acceptors (Lipinski definition) is 3. The lowest BCUT2D eigenvalue weighted by molar-refractivity contribution is 0.140. The lowest BCUT2D eigenvalue weighted by Gasteiger charge is -2.08. The van der Waals surface area contributed by atoms with Crippen LogP contribution >= 0.6 is 0 Å². The molecule has 3 nitrogen and oxygen atoms in total. The molecule has 12 heavy (non-hydrogen) atoms. The van der Waals surface area contributed by atoms with Crippen LogP contribution in [0.3, 0.4) is 0 Å². The molecule has 0 aromatic heterocycles. The van der Waals surface area contributed by atoms with E-state index in [1.54, 1.807) is 0 Å². The molecule has 0 bridgehead atoms. The van der Waals surface area contributed by atoms with Gasteiger partial charge >= 0.3 is 9.17 Å². The SMILES string of the molecule is CC(C)CO[Si](=O)OCC(C)C. The van der Waals surface area contributed by atoms with Gasteiger partial charge in [0.15, 0.2) is 0 Å². The summed E-state index contributed by atoms with van der Waals surface area (Å²) in [6.07, 6.45) is 0. The number of hydrogen-bond donors (Lipinski definition) is 0. The van der Waals surface area contributed by atoms with Crippen molar-refractivity contribution < 1.29 is 13.3 Å². The van der Waals surface area contributed by atoms with Gasteiger partial charge in [0.25, 0.3) is 0 Å². The van der Waals surface area contributed by atoms with E-state index in [1.165, 1.54) is 0 Å². The third-order valence-electron chi connectivity index (χ3n) is 1.07. The van der Waals surface area contributed by atoms with Crippen molar-refractivity contribution in [2.45, 2.75) is 27.7 Å². The van der Waals surface area contributed by atoms with Crippen molar-refractivity contribution in [1.29, 1.82) is 0 Å². The lowest BCUT2D eigenvalue weighted by atomic mass is 10.2. The molecular weight excluding hydrogens is 172 g/mol. The van der Waals surface area contributed by atoms with Crippen molar-refractivity contribution in [3.8, 4) is 0 Å². The second-order valence-corrected chi connectivity index (χ2v) is 4.74. The molecule has 72 valence electrons. The van der Waals surface area contributed by atoms with E-state index in [0.29, 0.717) is 25.0 Å². The van der Waals surface area contributed by atoms with E-state index in [1.807, 2.05) is 27.7 Å². The van der Waals surface area contributed by atoms with Gasteiger partial charge in [0.05, 0.1) is 13.2 Å². The summed E-state index contributed by atoms with van der Waals surface area (Å²) in [7, 11) is -2.23. The highest BCUT2D eigenvalue weighted by atomic mass is 28.3. The fourth-order valence-electron chi connectivity index (χ4n) is 0.511. The van der Waals surface area contributed by atoms with Crippen LogP contribution in [0.4, 0.5) is 0 Å². The van der Waals surface area contributed by atoms with E-state index in [4.69, 9.17) is 8.85 Å². The van der Waals surface area contributed by atoms with Crippen LogP contribution in [0, 0.1) is 11.8 Å².